The van der Waals surface area contributed by atoms with E-state index in [1.807, 2.05) is 31.2 Å². The molecular formula is C13H21NO2S. The average Bonchev–Trinajstić information content (AvgIpc) is 2.35. The molecule has 0 saturated carbocycles. The lowest BCUT2D eigenvalue weighted by Gasteiger charge is -2.22. The van der Waals surface area contributed by atoms with E-state index in [2.05, 4.69) is 0 Å². The van der Waals surface area contributed by atoms with Crippen molar-refractivity contribution in [1.82, 2.24) is 0 Å². The second kappa shape index (κ2) is 6.89. The number of rotatable bonds is 6. The van der Waals surface area contributed by atoms with Gasteiger partial charge in [0, 0.05) is 17.0 Å². The van der Waals surface area contributed by atoms with Crippen molar-refractivity contribution in [3.05, 3.63) is 29.8 Å². The molecule has 3 N–H and O–H groups in total. The monoisotopic (exact) mass is 255 g/mol. The van der Waals surface area contributed by atoms with Crippen molar-refractivity contribution in [2.45, 2.75) is 30.5 Å². The Morgan fingerprint density at radius 3 is 2.65 bits per heavy atom. The first-order chi connectivity index (χ1) is 8.08. The maximum absolute atomic E-state index is 9.53. The molecular weight excluding hydrogens is 234 g/mol. The molecule has 17 heavy (non-hydrogen) atoms. The summed E-state index contributed by atoms with van der Waals surface area (Å²) in [5.41, 5.74) is 6.94. The Bertz CT molecular complexity index is 344. The van der Waals surface area contributed by atoms with E-state index < -0.39 is 0 Å². The third-order valence-corrected chi connectivity index (χ3v) is 4.35. The predicted molar refractivity (Wildman–Crippen MR) is 73.5 cm³/mol. The van der Waals surface area contributed by atoms with Gasteiger partial charge in [0.15, 0.2) is 0 Å². The molecule has 0 saturated heterocycles. The van der Waals surface area contributed by atoms with Crippen LogP contribution in [0.25, 0.3) is 0 Å². The zero-order chi connectivity index (χ0) is 12.8. The Balaban J connectivity index is 2.78. The summed E-state index contributed by atoms with van der Waals surface area (Å²) in [6.45, 7) is 4.36. The van der Waals surface area contributed by atoms with E-state index in [0.717, 1.165) is 11.3 Å². The van der Waals surface area contributed by atoms with Gasteiger partial charge in [-0.25, -0.2) is 0 Å². The predicted octanol–water partition coefficient (Wildman–Crippen LogP) is 2.20. The van der Waals surface area contributed by atoms with Crippen molar-refractivity contribution in [2.24, 2.45) is 5.73 Å². The average molecular weight is 255 g/mol. The van der Waals surface area contributed by atoms with Crippen molar-refractivity contribution >= 4 is 11.8 Å². The van der Waals surface area contributed by atoms with Gasteiger partial charge in [-0.3, -0.25) is 0 Å². The first-order valence-electron chi connectivity index (χ1n) is 5.76. The highest BCUT2D eigenvalue weighted by molar-refractivity contribution is 8.00. The van der Waals surface area contributed by atoms with E-state index in [1.54, 1.807) is 25.8 Å². The van der Waals surface area contributed by atoms with Gasteiger partial charge in [0.1, 0.15) is 5.75 Å². The van der Waals surface area contributed by atoms with Crippen molar-refractivity contribution in [2.75, 3.05) is 13.7 Å². The number of hydrogen-bond donors (Lipinski definition) is 2. The fourth-order valence-electron chi connectivity index (χ4n) is 1.48. The summed E-state index contributed by atoms with van der Waals surface area (Å²) in [5, 5.41) is 9.88. The standard InChI is InChI=1S/C13H21NO2S/c1-9(15)10(2)17-13(8-14)11-5-4-6-12(7-11)16-3/h4-7,9-10,13,15H,8,14H2,1-3H3. The van der Waals surface area contributed by atoms with E-state index in [9.17, 15) is 5.11 Å². The summed E-state index contributed by atoms with van der Waals surface area (Å²) in [7, 11) is 1.65. The third kappa shape index (κ3) is 4.22. The number of nitrogens with two attached hydrogens (primary N) is 1. The van der Waals surface area contributed by atoms with Crippen molar-refractivity contribution < 1.29 is 9.84 Å². The number of thioether (sulfide) groups is 1. The lowest BCUT2D eigenvalue weighted by atomic mass is 10.1. The van der Waals surface area contributed by atoms with E-state index in [4.69, 9.17) is 10.5 Å². The third-order valence-electron chi connectivity index (χ3n) is 2.74. The second-order valence-corrected chi connectivity index (χ2v) is 5.67. The molecule has 0 heterocycles. The SMILES string of the molecule is COc1cccc(C(CN)SC(C)C(C)O)c1. The van der Waals surface area contributed by atoms with Gasteiger partial charge in [-0.2, -0.15) is 0 Å². The summed E-state index contributed by atoms with van der Waals surface area (Å²) in [4.78, 5) is 0. The van der Waals surface area contributed by atoms with Crippen molar-refractivity contribution in [1.29, 1.82) is 0 Å². The molecule has 1 aromatic carbocycles. The van der Waals surface area contributed by atoms with E-state index in [0.29, 0.717) is 6.54 Å². The number of hydrogen-bond acceptors (Lipinski definition) is 4. The molecule has 0 aliphatic heterocycles. The fourth-order valence-corrected chi connectivity index (χ4v) is 2.65. The number of benzene rings is 1. The largest absolute Gasteiger partial charge is 0.497 e. The Hall–Kier alpha value is -0.710. The molecule has 4 heteroatoms. The number of aliphatic hydroxyl groups is 1. The minimum Gasteiger partial charge on any atom is -0.497 e. The van der Waals surface area contributed by atoms with Crippen LogP contribution >= 0.6 is 11.8 Å². The molecule has 0 amide bonds. The van der Waals surface area contributed by atoms with Crippen LogP contribution in [0, 0.1) is 0 Å². The maximum atomic E-state index is 9.53. The molecule has 0 fully saturated rings. The smallest absolute Gasteiger partial charge is 0.119 e. The van der Waals surface area contributed by atoms with Crippen LogP contribution in [0.2, 0.25) is 0 Å². The van der Waals surface area contributed by atoms with E-state index >= 15 is 0 Å². The van der Waals surface area contributed by atoms with Gasteiger partial charge in [-0.1, -0.05) is 19.1 Å². The van der Waals surface area contributed by atoms with Crippen LogP contribution < -0.4 is 10.5 Å². The zero-order valence-corrected chi connectivity index (χ0v) is 11.4. The molecule has 0 aromatic heterocycles. The lowest BCUT2D eigenvalue weighted by molar-refractivity contribution is 0.196. The number of aliphatic hydroxyl groups excluding tert-OH is 1. The molecule has 0 aliphatic rings. The summed E-state index contributed by atoms with van der Waals surface area (Å²) in [6.07, 6.45) is -0.334. The van der Waals surface area contributed by atoms with Crippen LogP contribution in [-0.2, 0) is 0 Å². The molecule has 0 aliphatic carbocycles. The quantitative estimate of drug-likeness (QED) is 0.818. The Morgan fingerprint density at radius 2 is 2.12 bits per heavy atom. The first kappa shape index (κ1) is 14.4. The second-order valence-electron chi connectivity index (χ2n) is 4.08. The summed E-state index contributed by atoms with van der Waals surface area (Å²) < 4.78 is 5.20. The number of methoxy groups -OCH3 is 1. The summed E-state index contributed by atoms with van der Waals surface area (Å²) in [5.74, 6) is 0.839. The van der Waals surface area contributed by atoms with Gasteiger partial charge in [0.05, 0.1) is 13.2 Å². The molecule has 1 aromatic rings. The highest BCUT2D eigenvalue weighted by Crippen LogP contribution is 2.33. The van der Waals surface area contributed by atoms with Gasteiger partial charge >= 0.3 is 0 Å². The van der Waals surface area contributed by atoms with E-state index in [1.165, 1.54) is 0 Å². The van der Waals surface area contributed by atoms with Crippen LogP contribution in [0.4, 0.5) is 0 Å². The van der Waals surface area contributed by atoms with Gasteiger partial charge in [-0.15, -0.1) is 11.8 Å². The van der Waals surface area contributed by atoms with Crippen LogP contribution in [0.5, 0.6) is 5.75 Å². The van der Waals surface area contributed by atoms with E-state index in [-0.39, 0.29) is 16.6 Å². The Kier molecular flexibility index (Phi) is 5.82. The van der Waals surface area contributed by atoms with Gasteiger partial charge in [0.2, 0.25) is 0 Å². The minimum absolute atomic E-state index is 0.162. The van der Waals surface area contributed by atoms with Crippen molar-refractivity contribution in [3.8, 4) is 5.75 Å². The fraction of sp³-hybridized carbons (Fsp3) is 0.538. The number of ether oxygens (including phenoxy) is 1. The molecule has 1 rings (SSSR count). The summed E-state index contributed by atoms with van der Waals surface area (Å²) >= 11 is 1.69. The maximum Gasteiger partial charge on any atom is 0.119 e. The summed E-state index contributed by atoms with van der Waals surface area (Å²) in [6, 6.07) is 7.92. The van der Waals surface area contributed by atoms with Crippen LogP contribution in [0.15, 0.2) is 24.3 Å². The Labute approximate surface area is 107 Å². The van der Waals surface area contributed by atoms with Crippen LogP contribution in [0.3, 0.4) is 0 Å². The van der Waals surface area contributed by atoms with Crippen LogP contribution in [-0.4, -0.2) is 30.1 Å². The molecule has 3 nitrogen and oxygen atoms in total. The molecule has 3 unspecified atom stereocenters. The molecule has 0 spiro atoms. The van der Waals surface area contributed by atoms with Gasteiger partial charge in [-0.05, 0) is 24.6 Å². The minimum atomic E-state index is -0.334. The molecule has 0 radical (unpaired) electrons. The topological polar surface area (TPSA) is 55.5 Å². The Morgan fingerprint density at radius 1 is 1.41 bits per heavy atom. The van der Waals surface area contributed by atoms with Crippen molar-refractivity contribution in [3.63, 3.8) is 0 Å². The molecule has 3 atom stereocenters. The normalized spacial score (nSPS) is 16.3. The highest BCUT2D eigenvalue weighted by Gasteiger charge is 2.18. The lowest BCUT2D eigenvalue weighted by Crippen LogP contribution is -2.20. The zero-order valence-electron chi connectivity index (χ0n) is 10.6. The highest BCUT2D eigenvalue weighted by atomic mass is 32.2. The molecule has 96 valence electrons. The van der Waals surface area contributed by atoms with Crippen LogP contribution in [0.1, 0.15) is 24.7 Å². The van der Waals surface area contributed by atoms with Gasteiger partial charge < -0.3 is 15.6 Å². The first-order valence-corrected chi connectivity index (χ1v) is 6.70. The molecule has 0 bridgehead atoms. The van der Waals surface area contributed by atoms with Gasteiger partial charge in [0.25, 0.3) is 0 Å².